The van der Waals surface area contributed by atoms with Crippen LogP contribution in [0.1, 0.15) is 6.42 Å². The minimum absolute atomic E-state index is 0.0324. The van der Waals surface area contributed by atoms with Gasteiger partial charge < -0.3 is 5.73 Å². The van der Waals surface area contributed by atoms with Gasteiger partial charge in [0.15, 0.2) is 0 Å². The van der Waals surface area contributed by atoms with Gasteiger partial charge in [-0.3, -0.25) is 14.9 Å². The average Bonchev–Trinajstić information content (AvgIpc) is 2.27. The van der Waals surface area contributed by atoms with Crippen molar-refractivity contribution in [2.45, 2.75) is 6.42 Å². The molecule has 0 fully saturated rings. The van der Waals surface area contributed by atoms with Crippen molar-refractivity contribution in [1.82, 2.24) is 0 Å². The molecule has 5 nitrogen and oxygen atoms in total. The zero-order valence-corrected chi connectivity index (χ0v) is 6.77. The van der Waals surface area contributed by atoms with E-state index in [1.54, 1.807) is 6.08 Å². The van der Waals surface area contributed by atoms with Gasteiger partial charge in [-0.1, -0.05) is 18.2 Å². The highest BCUT2D eigenvalue weighted by Crippen LogP contribution is 2.14. The van der Waals surface area contributed by atoms with Gasteiger partial charge in [-0.15, -0.1) is 0 Å². The molecule has 1 amide bonds. The number of allylic oxidation sites excluding steroid dienone is 4. The largest absolute Gasteiger partial charge is 0.365 e. The third kappa shape index (κ3) is 2.02. The molecule has 0 saturated carbocycles. The van der Waals surface area contributed by atoms with Gasteiger partial charge in [0.05, 0.1) is 4.92 Å². The molecule has 0 aromatic heterocycles. The Morgan fingerprint density at radius 1 is 1.62 bits per heavy atom. The summed E-state index contributed by atoms with van der Waals surface area (Å²) in [4.78, 5) is 20.7. The smallest absolute Gasteiger partial charge is 0.281 e. The lowest BCUT2D eigenvalue weighted by molar-refractivity contribution is -0.420. The van der Waals surface area contributed by atoms with E-state index in [9.17, 15) is 14.9 Å². The van der Waals surface area contributed by atoms with E-state index in [0.717, 1.165) is 0 Å². The maximum Gasteiger partial charge on any atom is 0.281 e. The van der Waals surface area contributed by atoms with E-state index in [4.69, 9.17) is 5.73 Å². The Morgan fingerprint density at radius 2 is 2.31 bits per heavy atom. The first-order valence-electron chi connectivity index (χ1n) is 3.64. The first-order valence-corrected chi connectivity index (χ1v) is 3.64. The molecule has 0 aromatic carbocycles. The first-order chi connectivity index (χ1) is 6.13. The minimum atomic E-state index is -0.772. The maximum absolute atomic E-state index is 10.8. The van der Waals surface area contributed by atoms with Crippen LogP contribution in [0.15, 0.2) is 35.6 Å². The molecule has 2 N–H and O–H groups in total. The van der Waals surface area contributed by atoms with E-state index in [2.05, 4.69) is 0 Å². The summed E-state index contributed by atoms with van der Waals surface area (Å²) in [5.41, 5.74) is 4.70. The number of nitrogens with two attached hydrogens (primary N) is 1. The van der Waals surface area contributed by atoms with Crippen molar-refractivity contribution in [3.8, 4) is 0 Å². The predicted octanol–water partition coefficient (Wildman–Crippen LogP) is 0.519. The lowest BCUT2D eigenvalue weighted by Crippen LogP contribution is -2.18. The van der Waals surface area contributed by atoms with Gasteiger partial charge >= 0.3 is 0 Å². The van der Waals surface area contributed by atoms with Gasteiger partial charge in [-0.25, -0.2) is 0 Å². The molecular weight excluding hydrogens is 172 g/mol. The molecule has 0 unspecified atom stereocenters. The average molecular weight is 180 g/mol. The highest BCUT2D eigenvalue weighted by Gasteiger charge is 2.21. The lowest BCUT2D eigenvalue weighted by Gasteiger charge is -1.97. The summed E-state index contributed by atoms with van der Waals surface area (Å²) in [5, 5.41) is 10.5. The van der Waals surface area contributed by atoms with Gasteiger partial charge in [0.2, 0.25) is 0 Å². The van der Waals surface area contributed by atoms with Crippen molar-refractivity contribution in [1.29, 1.82) is 0 Å². The molecule has 0 saturated heterocycles. The molecule has 0 aliphatic heterocycles. The number of carbonyl (C=O) groups is 1. The van der Waals surface area contributed by atoms with Crippen molar-refractivity contribution in [3.63, 3.8) is 0 Å². The van der Waals surface area contributed by atoms with E-state index >= 15 is 0 Å². The van der Waals surface area contributed by atoms with Crippen LogP contribution in [0, 0.1) is 10.1 Å². The zero-order valence-electron chi connectivity index (χ0n) is 6.77. The van der Waals surface area contributed by atoms with Crippen LogP contribution < -0.4 is 5.73 Å². The number of primary amides is 1. The number of hydrogen-bond donors (Lipinski definition) is 1. The SMILES string of the molecule is NC(=O)C1=CCC=CC=C1[N+](=O)[O-]. The summed E-state index contributed by atoms with van der Waals surface area (Å²) >= 11 is 0. The Labute approximate surface area is 74.4 Å². The number of hydrogen-bond acceptors (Lipinski definition) is 3. The van der Waals surface area contributed by atoms with Crippen LogP contribution >= 0.6 is 0 Å². The maximum atomic E-state index is 10.8. The number of amides is 1. The van der Waals surface area contributed by atoms with E-state index in [1.165, 1.54) is 18.2 Å². The molecule has 0 bridgehead atoms. The summed E-state index contributed by atoms with van der Waals surface area (Å²) in [5.74, 6) is -0.772. The van der Waals surface area contributed by atoms with Crippen LogP contribution in [0.4, 0.5) is 0 Å². The van der Waals surface area contributed by atoms with Gasteiger partial charge in [0.25, 0.3) is 11.6 Å². The molecule has 0 radical (unpaired) electrons. The second-order valence-corrected chi connectivity index (χ2v) is 2.45. The quantitative estimate of drug-likeness (QED) is 0.496. The van der Waals surface area contributed by atoms with Crippen LogP contribution in [0.3, 0.4) is 0 Å². The van der Waals surface area contributed by atoms with Crippen LogP contribution in [0.2, 0.25) is 0 Å². The van der Waals surface area contributed by atoms with Crippen LogP contribution in [0.25, 0.3) is 0 Å². The number of nitrogens with zero attached hydrogens (tertiary/aromatic N) is 1. The molecule has 68 valence electrons. The van der Waals surface area contributed by atoms with Gasteiger partial charge in [-0.2, -0.15) is 0 Å². The van der Waals surface area contributed by atoms with Crippen molar-refractivity contribution >= 4 is 5.91 Å². The highest BCUT2D eigenvalue weighted by molar-refractivity contribution is 5.95. The molecule has 5 heteroatoms. The molecule has 0 atom stereocenters. The van der Waals surface area contributed by atoms with Gasteiger partial charge in [0.1, 0.15) is 5.57 Å². The predicted molar refractivity (Wildman–Crippen MR) is 46.1 cm³/mol. The van der Waals surface area contributed by atoms with Crippen molar-refractivity contribution in [3.05, 3.63) is 45.7 Å². The lowest BCUT2D eigenvalue weighted by atomic mass is 10.1. The topological polar surface area (TPSA) is 86.2 Å². The summed E-state index contributed by atoms with van der Waals surface area (Å²) < 4.78 is 0. The molecule has 1 aliphatic rings. The number of nitro groups is 1. The fraction of sp³-hybridized carbons (Fsp3) is 0.125. The second kappa shape index (κ2) is 3.66. The molecular formula is C8H8N2O3. The van der Waals surface area contributed by atoms with Gasteiger partial charge in [-0.05, 0) is 6.42 Å². The standard InChI is InChI=1S/C8H8N2O3/c9-8(11)6-4-2-1-3-5-7(6)10(12)13/h1,3-5H,2H2,(H2,9,11). The fourth-order valence-electron chi connectivity index (χ4n) is 1.00. The number of rotatable bonds is 2. The summed E-state index contributed by atoms with van der Waals surface area (Å²) in [6, 6.07) is 0. The van der Waals surface area contributed by atoms with Crippen molar-refractivity contribution < 1.29 is 9.72 Å². The second-order valence-electron chi connectivity index (χ2n) is 2.45. The molecule has 0 aromatic rings. The van der Waals surface area contributed by atoms with E-state index in [1.807, 2.05) is 0 Å². The Hall–Kier alpha value is -1.91. The van der Waals surface area contributed by atoms with Crippen LogP contribution in [-0.4, -0.2) is 10.8 Å². The summed E-state index contributed by atoms with van der Waals surface area (Å²) in [6.45, 7) is 0. The van der Waals surface area contributed by atoms with E-state index < -0.39 is 10.8 Å². The minimum Gasteiger partial charge on any atom is -0.365 e. The van der Waals surface area contributed by atoms with Crippen LogP contribution in [-0.2, 0) is 4.79 Å². The van der Waals surface area contributed by atoms with Crippen molar-refractivity contribution in [2.24, 2.45) is 5.73 Å². The van der Waals surface area contributed by atoms with E-state index in [0.29, 0.717) is 6.42 Å². The Bertz CT molecular complexity index is 339. The number of carbonyl (C=O) groups excluding carboxylic acids is 1. The molecule has 0 heterocycles. The summed E-state index contributed by atoms with van der Waals surface area (Å²) in [6.07, 6.45) is 6.43. The molecule has 1 rings (SSSR count). The van der Waals surface area contributed by atoms with Crippen molar-refractivity contribution in [2.75, 3.05) is 0 Å². The van der Waals surface area contributed by atoms with E-state index in [-0.39, 0.29) is 11.3 Å². The fourth-order valence-corrected chi connectivity index (χ4v) is 1.00. The molecule has 0 spiro atoms. The normalized spacial score (nSPS) is 15.7. The van der Waals surface area contributed by atoms with Gasteiger partial charge in [0, 0.05) is 6.08 Å². The van der Waals surface area contributed by atoms with Crippen LogP contribution in [0.5, 0.6) is 0 Å². The Balaban J connectivity index is 3.11. The monoisotopic (exact) mass is 180 g/mol. The Morgan fingerprint density at radius 3 is 2.85 bits per heavy atom. The molecule has 13 heavy (non-hydrogen) atoms. The molecule has 1 aliphatic carbocycles. The summed E-state index contributed by atoms with van der Waals surface area (Å²) in [7, 11) is 0. The first kappa shape index (κ1) is 9.18. The zero-order chi connectivity index (χ0) is 9.84. The third-order valence-electron chi connectivity index (χ3n) is 1.59. The highest BCUT2D eigenvalue weighted by atomic mass is 16.6. The third-order valence-corrected chi connectivity index (χ3v) is 1.59. The Kier molecular flexibility index (Phi) is 2.59.